The Balaban J connectivity index is 1.94. The monoisotopic (exact) mass is 239 g/mol. The molecule has 1 aromatic heterocycles. The first-order chi connectivity index (χ1) is 8.74. The summed E-state index contributed by atoms with van der Waals surface area (Å²) in [4.78, 5) is 8.32. The average molecular weight is 239 g/mol. The van der Waals surface area contributed by atoms with E-state index in [4.69, 9.17) is 5.73 Å². The number of hydrogen-bond acceptors (Lipinski definition) is 3. The summed E-state index contributed by atoms with van der Waals surface area (Å²) in [7, 11) is 0. The molecule has 0 bridgehead atoms. The van der Waals surface area contributed by atoms with Crippen LogP contribution in [-0.4, -0.2) is 9.97 Å². The highest BCUT2D eigenvalue weighted by molar-refractivity contribution is 5.63. The highest BCUT2D eigenvalue weighted by Crippen LogP contribution is 2.36. The van der Waals surface area contributed by atoms with E-state index in [0.29, 0.717) is 5.95 Å². The molecule has 0 amide bonds. The lowest BCUT2D eigenvalue weighted by molar-refractivity contribution is 0.420. The lowest BCUT2D eigenvalue weighted by Gasteiger charge is -2.25. The molecular weight excluding hydrogens is 222 g/mol. The van der Waals surface area contributed by atoms with Crippen LogP contribution in [0.5, 0.6) is 0 Å². The number of benzene rings is 1. The summed E-state index contributed by atoms with van der Waals surface area (Å²) in [6.45, 7) is 2.01. The van der Waals surface area contributed by atoms with E-state index in [-0.39, 0.29) is 0 Å². The van der Waals surface area contributed by atoms with Crippen molar-refractivity contribution in [2.45, 2.75) is 32.1 Å². The number of nitrogen functional groups attached to an aromatic ring is 1. The van der Waals surface area contributed by atoms with Gasteiger partial charge in [0.25, 0.3) is 0 Å². The molecule has 1 fully saturated rings. The lowest BCUT2D eigenvalue weighted by atomic mass is 9.80. The van der Waals surface area contributed by atoms with E-state index in [9.17, 15) is 0 Å². The highest BCUT2D eigenvalue weighted by atomic mass is 15.0. The fourth-order valence-electron chi connectivity index (χ4n) is 2.40. The van der Waals surface area contributed by atoms with E-state index in [2.05, 4.69) is 34.2 Å². The van der Waals surface area contributed by atoms with Gasteiger partial charge in [0.1, 0.15) is 0 Å². The van der Waals surface area contributed by atoms with E-state index in [0.717, 1.165) is 22.7 Å². The van der Waals surface area contributed by atoms with Crippen LogP contribution in [0.3, 0.4) is 0 Å². The third-order valence-corrected chi connectivity index (χ3v) is 3.75. The topological polar surface area (TPSA) is 51.8 Å². The van der Waals surface area contributed by atoms with Crippen LogP contribution in [0.15, 0.2) is 30.5 Å². The van der Waals surface area contributed by atoms with Crippen molar-refractivity contribution in [2.75, 3.05) is 5.73 Å². The average Bonchev–Trinajstić information content (AvgIpc) is 2.31. The third kappa shape index (κ3) is 1.96. The molecule has 1 saturated carbocycles. The Labute approximate surface area is 107 Å². The first kappa shape index (κ1) is 11.2. The molecule has 2 aromatic rings. The van der Waals surface area contributed by atoms with E-state index >= 15 is 0 Å². The normalized spacial score (nSPS) is 15.4. The Hall–Kier alpha value is -1.90. The molecule has 18 heavy (non-hydrogen) atoms. The summed E-state index contributed by atoms with van der Waals surface area (Å²) in [5.41, 5.74) is 10.2. The van der Waals surface area contributed by atoms with Gasteiger partial charge in [0.2, 0.25) is 5.95 Å². The number of rotatable bonds is 2. The Morgan fingerprint density at radius 1 is 1.17 bits per heavy atom. The Morgan fingerprint density at radius 2 is 1.89 bits per heavy atom. The van der Waals surface area contributed by atoms with Gasteiger partial charge in [-0.15, -0.1) is 0 Å². The van der Waals surface area contributed by atoms with Crippen molar-refractivity contribution in [3.63, 3.8) is 0 Å². The minimum absolute atomic E-state index is 0.332. The first-order valence-electron chi connectivity index (χ1n) is 6.43. The quantitative estimate of drug-likeness (QED) is 0.874. The summed E-state index contributed by atoms with van der Waals surface area (Å²) >= 11 is 0. The molecule has 1 aliphatic carbocycles. The molecule has 3 nitrogen and oxygen atoms in total. The second-order valence-electron chi connectivity index (χ2n) is 5.01. The number of hydrogen-bond donors (Lipinski definition) is 1. The van der Waals surface area contributed by atoms with Crippen LogP contribution in [0, 0.1) is 6.92 Å². The van der Waals surface area contributed by atoms with Gasteiger partial charge in [0, 0.05) is 11.8 Å². The second-order valence-corrected chi connectivity index (χ2v) is 5.01. The van der Waals surface area contributed by atoms with Crippen molar-refractivity contribution in [1.29, 1.82) is 0 Å². The smallest absolute Gasteiger partial charge is 0.220 e. The Kier molecular flexibility index (Phi) is 2.74. The third-order valence-electron chi connectivity index (χ3n) is 3.75. The number of anilines is 1. The van der Waals surface area contributed by atoms with Crippen molar-refractivity contribution in [2.24, 2.45) is 0 Å². The SMILES string of the molecule is Cc1cnc(N)nc1-c1ccc(C2CCC2)cc1. The zero-order chi connectivity index (χ0) is 12.5. The molecule has 0 saturated heterocycles. The summed E-state index contributed by atoms with van der Waals surface area (Å²) < 4.78 is 0. The van der Waals surface area contributed by atoms with Gasteiger partial charge in [0.15, 0.2) is 0 Å². The maximum absolute atomic E-state index is 5.65. The van der Waals surface area contributed by atoms with E-state index < -0.39 is 0 Å². The molecule has 3 heteroatoms. The molecule has 2 N–H and O–H groups in total. The summed E-state index contributed by atoms with van der Waals surface area (Å²) in [5.74, 6) is 1.11. The van der Waals surface area contributed by atoms with Gasteiger partial charge >= 0.3 is 0 Å². The van der Waals surface area contributed by atoms with Gasteiger partial charge in [0.05, 0.1) is 5.69 Å². The zero-order valence-electron chi connectivity index (χ0n) is 10.6. The van der Waals surface area contributed by atoms with E-state index in [1.807, 2.05) is 6.92 Å². The fourth-order valence-corrected chi connectivity index (χ4v) is 2.40. The molecule has 0 spiro atoms. The van der Waals surface area contributed by atoms with Gasteiger partial charge in [-0.2, -0.15) is 0 Å². The van der Waals surface area contributed by atoms with Crippen molar-refractivity contribution >= 4 is 5.95 Å². The number of nitrogens with zero attached hydrogens (tertiary/aromatic N) is 2. The number of aryl methyl sites for hydroxylation is 1. The fraction of sp³-hybridized carbons (Fsp3) is 0.333. The van der Waals surface area contributed by atoms with Crippen LogP contribution in [0.1, 0.15) is 36.3 Å². The van der Waals surface area contributed by atoms with Crippen LogP contribution < -0.4 is 5.73 Å². The van der Waals surface area contributed by atoms with Gasteiger partial charge in [-0.25, -0.2) is 9.97 Å². The molecule has 1 heterocycles. The molecule has 0 unspecified atom stereocenters. The summed E-state index contributed by atoms with van der Waals surface area (Å²) in [5, 5.41) is 0. The minimum atomic E-state index is 0.332. The van der Waals surface area contributed by atoms with E-state index in [1.54, 1.807) is 6.20 Å². The van der Waals surface area contributed by atoms with Gasteiger partial charge < -0.3 is 5.73 Å². The van der Waals surface area contributed by atoms with Crippen molar-refractivity contribution in [3.05, 3.63) is 41.6 Å². The largest absolute Gasteiger partial charge is 0.368 e. The van der Waals surface area contributed by atoms with Crippen molar-refractivity contribution in [3.8, 4) is 11.3 Å². The Morgan fingerprint density at radius 3 is 2.50 bits per heavy atom. The van der Waals surface area contributed by atoms with Crippen LogP contribution in [0.4, 0.5) is 5.95 Å². The summed E-state index contributed by atoms with van der Waals surface area (Å²) in [6.07, 6.45) is 5.81. The molecule has 0 radical (unpaired) electrons. The second kappa shape index (κ2) is 4.41. The standard InChI is InChI=1S/C15H17N3/c1-10-9-17-15(16)18-14(10)13-7-5-12(6-8-13)11-3-2-4-11/h5-9,11H,2-4H2,1H3,(H2,16,17,18). The minimum Gasteiger partial charge on any atom is -0.368 e. The maximum atomic E-state index is 5.65. The molecule has 0 aliphatic heterocycles. The lowest BCUT2D eigenvalue weighted by Crippen LogP contribution is -2.08. The molecular formula is C15H17N3. The van der Waals surface area contributed by atoms with Gasteiger partial charge in [-0.05, 0) is 36.8 Å². The molecule has 1 aliphatic rings. The first-order valence-corrected chi connectivity index (χ1v) is 6.43. The maximum Gasteiger partial charge on any atom is 0.220 e. The van der Waals surface area contributed by atoms with Crippen LogP contribution >= 0.6 is 0 Å². The van der Waals surface area contributed by atoms with Crippen LogP contribution in [-0.2, 0) is 0 Å². The van der Waals surface area contributed by atoms with Crippen molar-refractivity contribution < 1.29 is 0 Å². The van der Waals surface area contributed by atoms with Gasteiger partial charge in [-0.3, -0.25) is 0 Å². The number of aromatic nitrogens is 2. The molecule has 3 rings (SSSR count). The van der Waals surface area contributed by atoms with E-state index in [1.165, 1.54) is 24.8 Å². The van der Waals surface area contributed by atoms with Crippen molar-refractivity contribution in [1.82, 2.24) is 9.97 Å². The highest BCUT2D eigenvalue weighted by Gasteiger charge is 2.19. The predicted octanol–water partition coefficient (Wildman–Crippen LogP) is 3.30. The van der Waals surface area contributed by atoms with Crippen LogP contribution in [0.2, 0.25) is 0 Å². The molecule has 0 atom stereocenters. The summed E-state index contributed by atoms with van der Waals surface area (Å²) in [6, 6.07) is 8.72. The van der Waals surface area contributed by atoms with Crippen LogP contribution in [0.25, 0.3) is 11.3 Å². The Bertz CT molecular complexity index is 556. The molecule has 1 aromatic carbocycles. The van der Waals surface area contributed by atoms with Gasteiger partial charge in [-0.1, -0.05) is 30.7 Å². The molecule has 92 valence electrons. The zero-order valence-corrected chi connectivity index (χ0v) is 10.6. The predicted molar refractivity (Wildman–Crippen MR) is 73.2 cm³/mol. The number of nitrogens with two attached hydrogens (primary N) is 1.